The minimum Gasteiger partial charge on any atom is -0.497 e. The number of aliphatic hydroxyl groups is 20. The van der Waals surface area contributed by atoms with E-state index in [2.05, 4.69) is 0 Å². The van der Waals surface area contributed by atoms with Crippen molar-refractivity contribution < 1.29 is 197 Å². The molecule has 7 heterocycles. The van der Waals surface area contributed by atoms with Crippen LogP contribution < -0.4 is 4.74 Å². The van der Waals surface area contributed by atoms with Gasteiger partial charge in [-0.25, -0.2) is 4.79 Å². The van der Waals surface area contributed by atoms with Crippen LogP contribution in [0.2, 0.25) is 0 Å². The topological polar surface area (TPSA) is 624 Å². The van der Waals surface area contributed by atoms with Crippen LogP contribution in [0.25, 0.3) is 6.08 Å². The highest BCUT2D eigenvalue weighted by atomic mass is 16.8. The number of ether oxygens (including phenoxy) is 16. The van der Waals surface area contributed by atoms with Gasteiger partial charge < -0.3 is 183 Å². The number of allylic oxidation sites excluding steroid dienone is 1. The lowest BCUT2D eigenvalue weighted by atomic mass is 9.33. The van der Waals surface area contributed by atoms with Crippen molar-refractivity contribution in [1.29, 1.82) is 0 Å². The number of carboxylic acids is 1. The van der Waals surface area contributed by atoms with Gasteiger partial charge in [0.25, 0.3) is 0 Å². The van der Waals surface area contributed by atoms with Crippen LogP contribution in [0.3, 0.4) is 0 Å². The van der Waals surface area contributed by atoms with E-state index < -0.39 is 323 Å². The maximum absolute atomic E-state index is 16.6. The van der Waals surface area contributed by atoms with Crippen LogP contribution in [0.4, 0.5) is 0 Å². The van der Waals surface area contributed by atoms with E-state index in [0.717, 1.165) is 11.6 Å². The van der Waals surface area contributed by atoms with E-state index in [1.54, 1.807) is 24.3 Å². The third-order valence-electron chi connectivity index (χ3n) is 28.8. The van der Waals surface area contributed by atoms with E-state index >= 15 is 4.79 Å². The summed E-state index contributed by atoms with van der Waals surface area (Å²) in [5, 5.41) is 235. The van der Waals surface area contributed by atoms with Crippen molar-refractivity contribution in [2.75, 3.05) is 53.4 Å². The predicted octanol–water partition coefficient (Wildman–Crippen LogP) is -5.95. The quantitative estimate of drug-likeness (QED) is 0.0198. The monoisotopic (exact) mass is 1720 g/mol. The van der Waals surface area contributed by atoms with Gasteiger partial charge in [0.2, 0.25) is 6.29 Å². The molecule has 120 heavy (non-hydrogen) atoms. The van der Waals surface area contributed by atoms with Crippen LogP contribution in [0.1, 0.15) is 112 Å². The smallest absolute Gasteiger partial charge is 0.331 e. The fraction of sp³-hybridized carbons (Fsp3) is 0.838. The third-order valence-corrected chi connectivity index (χ3v) is 28.8. The summed E-state index contributed by atoms with van der Waals surface area (Å²) in [6, 6.07) is 6.50. The summed E-state index contributed by atoms with van der Waals surface area (Å²) in [5.41, 5.74) is -8.26. The summed E-state index contributed by atoms with van der Waals surface area (Å²) in [4.78, 5) is 45.2. The Morgan fingerprint density at radius 3 is 1.62 bits per heavy atom. The van der Waals surface area contributed by atoms with Gasteiger partial charge in [0, 0.05) is 11.5 Å². The SMILES string of the molecule is COc1ccc(/C=C/C(=O)O[C@@H]2[C@H](O[C@@H]3O[C@H](CO)[C@H](O)[C@@H](O)[C@H]3O)[C@@H](O[C@@H]3O[C@@H](C)[C@H](O[C@@H]4OC[C@@H](O[C@@H]5O[C@H](CO)[C@H](O)[C@H](O)[C@H]5O)[C@H](O)[C@H]4O)[C@@H](O[C@@H]4OC[C@](O)(CO)[C@H]4O)[C@H]3O)[C@H](OC(=O)[C@]34CCC(C)(C)CC3C3=CCC5[C@@]6(C)CC(O)C(O[C@@H]7O[C@H](CO)[C@@H](O)[C@H](O)[C@H]7O)C(C)(C(=O)O)C6CC[C@@]5(C)[C@]3(CO)CC4)O[C@@H]2C)cc1. The number of hydrogen-bond donors (Lipinski definition) is 21. The van der Waals surface area contributed by atoms with E-state index in [1.807, 2.05) is 33.8 Å². The number of carbonyl (C=O) groups is 3. The first kappa shape index (κ1) is 93.2. The lowest BCUT2D eigenvalue weighted by molar-refractivity contribution is -0.399. The van der Waals surface area contributed by atoms with Crippen LogP contribution in [-0.4, -0.2) is 387 Å². The van der Waals surface area contributed by atoms with E-state index in [1.165, 1.54) is 34.0 Å². The molecule has 0 aromatic heterocycles. The molecule has 6 unspecified atom stereocenters. The molecule has 0 bridgehead atoms. The molecule has 0 amide bonds. The third kappa shape index (κ3) is 16.5. The number of hydrogen-bond acceptors (Lipinski definition) is 39. The first-order chi connectivity index (χ1) is 56.6. The fourth-order valence-electron chi connectivity index (χ4n) is 21.7. The lowest BCUT2D eigenvalue weighted by Gasteiger charge is -2.71. The molecule has 7 aliphatic heterocycles. The van der Waals surface area contributed by atoms with Crippen molar-refractivity contribution >= 4 is 24.0 Å². The molecule has 0 radical (unpaired) electrons. The Morgan fingerprint density at radius 1 is 0.517 bits per heavy atom. The average Bonchev–Trinajstić information content (AvgIpc) is 0.722. The van der Waals surface area contributed by atoms with Gasteiger partial charge in [-0.2, -0.15) is 0 Å². The molecule has 680 valence electrons. The van der Waals surface area contributed by atoms with Crippen molar-refractivity contribution in [2.45, 2.75) is 315 Å². The highest BCUT2D eigenvalue weighted by Crippen LogP contribution is 2.76. The lowest BCUT2D eigenvalue weighted by Crippen LogP contribution is -2.71. The highest BCUT2D eigenvalue weighted by Gasteiger charge is 2.74. The Hall–Kier alpha value is -4.41. The Balaban J connectivity index is 0.854. The Morgan fingerprint density at radius 2 is 1.05 bits per heavy atom. The van der Waals surface area contributed by atoms with Crippen LogP contribution in [0.5, 0.6) is 5.75 Å². The molecule has 7 saturated heterocycles. The van der Waals surface area contributed by atoms with Gasteiger partial charge in [0.05, 0.1) is 82.5 Å². The number of carbonyl (C=O) groups excluding carboxylic acids is 2. The van der Waals surface area contributed by atoms with Gasteiger partial charge in [0.1, 0.15) is 140 Å². The molecule has 5 aliphatic carbocycles. The second kappa shape index (κ2) is 36.0. The first-order valence-electron chi connectivity index (χ1n) is 41.0. The highest BCUT2D eigenvalue weighted by molar-refractivity contribution is 5.87. The summed E-state index contributed by atoms with van der Waals surface area (Å²) < 4.78 is 98.4. The molecule has 12 aliphatic rings. The van der Waals surface area contributed by atoms with E-state index in [9.17, 15) is 117 Å². The van der Waals surface area contributed by atoms with Gasteiger partial charge in [-0.05, 0) is 136 Å². The number of fused-ring (bicyclic) bond motifs is 7. The molecule has 21 N–H and O–H groups in total. The Bertz CT molecular complexity index is 3740. The van der Waals surface area contributed by atoms with E-state index in [-0.39, 0.29) is 38.5 Å². The van der Waals surface area contributed by atoms with Crippen LogP contribution in [0, 0.1) is 50.2 Å². The van der Waals surface area contributed by atoms with Gasteiger partial charge in [-0.1, -0.05) is 51.5 Å². The molecule has 1 aromatic carbocycles. The number of aliphatic carboxylic acids is 1. The van der Waals surface area contributed by atoms with Crippen LogP contribution >= 0.6 is 0 Å². The standard InChI is InChI=1S/C80H120O40/c1-32-58(115-65-53(95)49(91)42(28-106-65)113-66-54(96)50(92)46(88)39(25-81)110-66)60(116-71-63(100)80(104,30-85)31-107-71)57(99)69(108-32)118-62-61(117-67-55(97)51(93)47(89)40(26-82)111-67)59(114-45(87)16-11-34-9-12-35(105-8)13-10-34)33(2)109-70(62)120-73(103)78-20-19-74(3,4)23-37(78)36-14-15-43-75(5)24-38(86)64(119-68-56(98)52(94)48(90)41(27-83)112-68)77(7,72(101)102)44(75)17-18-76(43,6)79(36,29-84)22-21-78/h9-14,16,32-33,37-44,46-71,81-86,88-100,104H,15,17-31H2,1-8H3,(H,101,102)/b16-11+/t32-,33+,37?,38?,39+,40+,41+,42+,43?,44?,46-,47-,48+,49-,50-,51+,52-,53+,54+,55+,56+,57+,58-,59-,60-,61-,62+,63-,64?,65-,66-,67-,68-,69-,70-,71-,75+,76+,77?,78-,79-,80+/m0/s1. The van der Waals surface area contributed by atoms with Gasteiger partial charge >= 0.3 is 17.9 Å². The summed E-state index contributed by atoms with van der Waals surface area (Å²) in [7, 11) is 1.46. The summed E-state index contributed by atoms with van der Waals surface area (Å²) in [6.07, 6.45) is -55.9. The van der Waals surface area contributed by atoms with Crippen molar-refractivity contribution in [3.63, 3.8) is 0 Å². The number of benzene rings is 1. The Kier molecular flexibility index (Phi) is 28.0. The van der Waals surface area contributed by atoms with Gasteiger partial charge in [0.15, 0.2) is 49.9 Å². The second-order valence-corrected chi connectivity index (χ2v) is 36.3. The molecule has 11 fully saturated rings. The van der Waals surface area contributed by atoms with E-state index in [0.29, 0.717) is 30.6 Å². The molecule has 4 saturated carbocycles. The predicted molar refractivity (Wildman–Crippen MR) is 397 cm³/mol. The first-order valence-corrected chi connectivity index (χ1v) is 41.0. The average molecular weight is 1720 g/mol. The number of rotatable bonds is 24. The normalized spacial score (nSPS) is 50.2. The van der Waals surface area contributed by atoms with Crippen molar-refractivity contribution in [1.82, 2.24) is 0 Å². The van der Waals surface area contributed by atoms with Crippen molar-refractivity contribution in [3.8, 4) is 5.75 Å². The molecular formula is C80H120O40. The molecule has 13 rings (SSSR count). The van der Waals surface area contributed by atoms with Gasteiger partial charge in [-0.15, -0.1) is 0 Å². The minimum absolute atomic E-state index is 0.0159. The van der Waals surface area contributed by atoms with Crippen molar-refractivity contribution in [3.05, 3.63) is 47.6 Å². The molecule has 1 aromatic rings. The van der Waals surface area contributed by atoms with Gasteiger partial charge in [-0.3, -0.25) is 9.59 Å². The van der Waals surface area contributed by atoms with Crippen LogP contribution in [-0.2, 0) is 85.4 Å². The molecule has 40 nitrogen and oxygen atoms in total. The summed E-state index contributed by atoms with van der Waals surface area (Å²) in [5.74, 6) is -4.86. The van der Waals surface area contributed by atoms with Crippen molar-refractivity contribution in [2.24, 2.45) is 50.2 Å². The number of methoxy groups -OCH3 is 1. The fourth-order valence-corrected chi connectivity index (χ4v) is 21.7. The number of carboxylic acid groups (broad SMARTS) is 1. The summed E-state index contributed by atoms with van der Waals surface area (Å²) in [6.45, 7) is 6.58. The largest absolute Gasteiger partial charge is 0.497 e. The maximum atomic E-state index is 16.6. The molecule has 0 spiro atoms. The Labute approximate surface area is 690 Å². The number of esters is 2. The number of aliphatic hydroxyl groups excluding tert-OH is 19. The molecule has 40 heteroatoms. The summed E-state index contributed by atoms with van der Waals surface area (Å²) >= 11 is 0. The van der Waals surface area contributed by atoms with Crippen LogP contribution in [0.15, 0.2) is 42.0 Å². The zero-order chi connectivity index (χ0) is 87.3. The second-order valence-electron chi connectivity index (χ2n) is 36.3. The minimum atomic E-state index is -2.38. The zero-order valence-corrected chi connectivity index (χ0v) is 67.8. The molecule has 42 atom stereocenters. The van der Waals surface area contributed by atoms with E-state index in [4.69, 9.17) is 75.8 Å². The maximum Gasteiger partial charge on any atom is 0.331 e. The zero-order valence-electron chi connectivity index (χ0n) is 67.8. The molecular weight excluding hydrogens is 1600 g/mol.